The number of rotatable bonds is 3. The molecule has 116 valence electrons. The third-order valence-corrected chi connectivity index (χ3v) is 3.07. The van der Waals surface area contributed by atoms with Crippen molar-refractivity contribution in [2.45, 2.75) is 20.8 Å². The molecule has 1 aromatic heterocycles. The minimum atomic E-state index is -0.510. The average molecular weight is 323 g/mol. The van der Waals surface area contributed by atoms with E-state index in [2.05, 4.69) is 20.8 Å². The van der Waals surface area contributed by atoms with Crippen LogP contribution in [0.3, 0.4) is 0 Å². The van der Waals surface area contributed by atoms with E-state index in [0.717, 1.165) is 0 Å². The van der Waals surface area contributed by atoms with Crippen LogP contribution in [-0.2, 0) is 4.79 Å². The van der Waals surface area contributed by atoms with Crippen LogP contribution < -0.4 is 10.6 Å². The van der Waals surface area contributed by atoms with Crippen molar-refractivity contribution in [3.63, 3.8) is 0 Å². The van der Waals surface area contributed by atoms with Crippen molar-refractivity contribution >= 4 is 34.8 Å². The summed E-state index contributed by atoms with van der Waals surface area (Å²) in [6.45, 7) is 5.43. The number of carbonyl (C=O) groups is 1. The van der Waals surface area contributed by atoms with Gasteiger partial charge in [0.25, 0.3) is 0 Å². The summed E-state index contributed by atoms with van der Waals surface area (Å²) < 4.78 is 13.1. The Bertz CT molecular complexity index is 683. The summed E-state index contributed by atoms with van der Waals surface area (Å²) in [6, 6.07) is 7.54. The molecule has 0 saturated carbocycles. The van der Waals surface area contributed by atoms with E-state index in [0.29, 0.717) is 17.3 Å². The lowest BCUT2D eigenvalue weighted by atomic mass is 9.96. The third kappa shape index (κ3) is 4.14. The first-order valence-electron chi connectivity index (χ1n) is 6.63. The molecule has 2 aromatic rings. The number of hydrogen-bond acceptors (Lipinski definition) is 4. The minimum absolute atomic E-state index is 0.0204. The van der Waals surface area contributed by atoms with Gasteiger partial charge in [0, 0.05) is 11.1 Å². The van der Waals surface area contributed by atoms with Crippen LogP contribution in [0.1, 0.15) is 20.8 Å². The van der Waals surface area contributed by atoms with Crippen molar-refractivity contribution in [1.82, 2.24) is 10.2 Å². The normalized spacial score (nSPS) is 11.1. The van der Waals surface area contributed by atoms with Gasteiger partial charge in [-0.3, -0.25) is 4.79 Å². The second kappa shape index (κ2) is 6.27. The molecule has 0 aliphatic rings. The quantitative estimate of drug-likeness (QED) is 0.896. The Hall–Kier alpha value is -2.21. The highest BCUT2D eigenvalue weighted by molar-refractivity contribution is 6.31. The van der Waals surface area contributed by atoms with Crippen LogP contribution in [0, 0.1) is 11.2 Å². The van der Waals surface area contributed by atoms with Gasteiger partial charge in [-0.1, -0.05) is 32.4 Å². The van der Waals surface area contributed by atoms with E-state index in [9.17, 15) is 9.18 Å². The predicted molar refractivity (Wildman–Crippen MR) is 84.8 cm³/mol. The summed E-state index contributed by atoms with van der Waals surface area (Å²) in [5.41, 5.74) is 0.0795. The predicted octanol–water partition coefficient (Wildman–Crippen LogP) is 4.00. The topological polar surface area (TPSA) is 66.9 Å². The first kappa shape index (κ1) is 16.2. The summed E-state index contributed by atoms with van der Waals surface area (Å²) in [5, 5.41) is 13.5. The highest BCUT2D eigenvalue weighted by Crippen LogP contribution is 2.22. The van der Waals surface area contributed by atoms with E-state index in [1.807, 2.05) is 20.8 Å². The van der Waals surface area contributed by atoms with E-state index in [1.54, 1.807) is 12.1 Å². The highest BCUT2D eigenvalue weighted by atomic mass is 35.5. The van der Waals surface area contributed by atoms with E-state index in [-0.39, 0.29) is 10.9 Å². The fraction of sp³-hybridized carbons (Fsp3) is 0.267. The number of hydrogen-bond donors (Lipinski definition) is 2. The summed E-state index contributed by atoms with van der Waals surface area (Å²) in [4.78, 5) is 11.8. The second-order valence-corrected chi connectivity index (χ2v) is 6.17. The van der Waals surface area contributed by atoms with Crippen LogP contribution in [0.15, 0.2) is 30.3 Å². The van der Waals surface area contributed by atoms with Gasteiger partial charge in [0.1, 0.15) is 5.82 Å². The first-order chi connectivity index (χ1) is 10.3. The van der Waals surface area contributed by atoms with Gasteiger partial charge >= 0.3 is 0 Å². The molecule has 0 bridgehead atoms. The zero-order valence-electron chi connectivity index (χ0n) is 12.4. The fourth-order valence-corrected chi connectivity index (χ4v) is 1.67. The summed E-state index contributed by atoms with van der Waals surface area (Å²) >= 11 is 5.71. The summed E-state index contributed by atoms with van der Waals surface area (Å²) in [6.07, 6.45) is 0. The number of halogens is 2. The van der Waals surface area contributed by atoms with Gasteiger partial charge in [0.05, 0.1) is 5.02 Å². The number of nitrogens with zero attached hydrogens (tertiary/aromatic N) is 2. The van der Waals surface area contributed by atoms with Gasteiger partial charge in [-0.05, 0) is 30.3 Å². The minimum Gasteiger partial charge on any atom is -0.339 e. The maximum absolute atomic E-state index is 13.1. The van der Waals surface area contributed by atoms with Crippen molar-refractivity contribution in [3.8, 4) is 0 Å². The van der Waals surface area contributed by atoms with E-state index < -0.39 is 11.2 Å². The monoisotopic (exact) mass is 322 g/mol. The van der Waals surface area contributed by atoms with Crippen molar-refractivity contribution < 1.29 is 9.18 Å². The number of carbonyl (C=O) groups excluding carboxylic acids is 1. The molecule has 0 radical (unpaired) electrons. The van der Waals surface area contributed by atoms with Gasteiger partial charge in [-0.2, -0.15) is 0 Å². The molecule has 1 heterocycles. The molecule has 0 spiro atoms. The second-order valence-electron chi connectivity index (χ2n) is 5.76. The van der Waals surface area contributed by atoms with Gasteiger partial charge in [0.2, 0.25) is 5.91 Å². The third-order valence-electron chi connectivity index (χ3n) is 2.78. The van der Waals surface area contributed by atoms with Crippen LogP contribution in [-0.4, -0.2) is 16.1 Å². The molecule has 0 fully saturated rings. The number of benzene rings is 1. The smallest absolute Gasteiger partial charge is 0.230 e. The Kier molecular flexibility index (Phi) is 4.61. The van der Waals surface area contributed by atoms with Crippen molar-refractivity contribution in [1.29, 1.82) is 0 Å². The maximum Gasteiger partial charge on any atom is 0.230 e. The highest BCUT2D eigenvalue weighted by Gasteiger charge is 2.21. The Morgan fingerprint density at radius 2 is 1.77 bits per heavy atom. The van der Waals surface area contributed by atoms with Crippen LogP contribution in [0.2, 0.25) is 5.02 Å². The van der Waals surface area contributed by atoms with E-state index >= 15 is 0 Å². The van der Waals surface area contributed by atoms with Crippen molar-refractivity contribution in [3.05, 3.63) is 41.2 Å². The molecule has 5 nitrogen and oxygen atoms in total. The van der Waals surface area contributed by atoms with Crippen LogP contribution in [0.4, 0.5) is 21.7 Å². The first-order valence-corrected chi connectivity index (χ1v) is 7.01. The Morgan fingerprint density at radius 1 is 1.14 bits per heavy atom. The standard InChI is InChI=1S/C15H16ClFN4O/c1-15(2,3)14(22)19-13-7-6-12(20-21-13)18-9-4-5-11(17)10(16)8-9/h4-8H,1-3H3,(H,18,20)(H,19,21,22). The van der Waals surface area contributed by atoms with Gasteiger partial charge in [-0.25, -0.2) is 4.39 Å². The Morgan fingerprint density at radius 3 is 2.32 bits per heavy atom. The Labute approximate surface area is 132 Å². The lowest BCUT2D eigenvalue weighted by Gasteiger charge is -2.16. The average Bonchev–Trinajstić information content (AvgIpc) is 2.44. The molecular formula is C15H16ClFN4O. The fourth-order valence-electron chi connectivity index (χ4n) is 1.49. The molecule has 1 amide bonds. The molecule has 7 heteroatoms. The van der Waals surface area contributed by atoms with Crippen molar-refractivity contribution in [2.75, 3.05) is 10.6 Å². The molecule has 0 unspecified atom stereocenters. The van der Waals surface area contributed by atoms with Crippen LogP contribution >= 0.6 is 11.6 Å². The van der Waals surface area contributed by atoms with Crippen LogP contribution in [0.25, 0.3) is 0 Å². The number of anilines is 3. The Balaban J connectivity index is 2.06. The lowest BCUT2D eigenvalue weighted by molar-refractivity contribution is -0.123. The van der Waals surface area contributed by atoms with Crippen LogP contribution in [0.5, 0.6) is 0 Å². The molecule has 0 aliphatic carbocycles. The molecule has 22 heavy (non-hydrogen) atoms. The van der Waals surface area contributed by atoms with E-state index in [1.165, 1.54) is 18.2 Å². The molecule has 0 aliphatic heterocycles. The maximum atomic E-state index is 13.1. The van der Waals surface area contributed by atoms with Gasteiger partial charge in [0.15, 0.2) is 11.6 Å². The molecule has 2 rings (SSSR count). The summed E-state index contributed by atoms with van der Waals surface area (Å²) in [7, 11) is 0. The molecule has 2 N–H and O–H groups in total. The van der Waals surface area contributed by atoms with Gasteiger partial charge < -0.3 is 10.6 Å². The summed E-state index contributed by atoms with van der Waals surface area (Å²) in [5.74, 6) is 0.186. The number of nitrogens with one attached hydrogen (secondary N) is 2. The van der Waals surface area contributed by atoms with Crippen molar-refractivity contribution in [2.24, 2.45) is 5.41 Å². The molecular weight excluding hydrogens is 307 g/mol. The zero-order valence-corrected chi connectivity index (χ0v) is 13.2. The number of amides is 1. The van der Waals surface area contributed by atoms with E-state index in [4.69, 9.17) is 11.6 Å². The zero-order chi connectivity index (χ0) is 16.3. The molecule has 0 atom stereocenters. The SMILES string of the molecule is CC(C)(C)C(=O)Nc1ccc(Nc2ccc(F)c(Cl)c2)nn1. The number of aromatic nitrogens is 2. The molecule has 0 saturated heterocycles. The van der Waals surface area contributed by atoms with Gasteiger partial charge in [-0.15, -0.1) is 10.2 Å². The molecule has 1 aromatic carbocycles. The lowest BCUT2D eigenvalue weighted by Crippen LogP contribution is -2.28. The largest absolute Gasteiger partial charge is 0.339 e.